The van der Waals surface area contributed by atoms with E-state index in [4.69, 9.17) is 4.74 Å². The summed E-state index contributed by atoms with van der Waals surface area (Å²) >= 11 is 0. The number of hydrogen-bond acceptors (Lipinski definition) is 5. The van der Waals surface area contributed by atoms with Crippen molar-refractivity contribution in [1.29, 1.82) is 0 Å². The van der Waals surface area contributed by atoms with Gasteiger partial charge >= 0.3 is 0 Å². The van der Waals surface area contributed by atoms with Crippen molar-refractivity contribution in [3.63, 3.8) is 0 Å². The Balaban J connectivity index is 1.66. The predicted molar refractivity (Wildman–Crippen MR) is 99.3 cm³/mol. The summed E-state index contributed by atoms with van der Waals surface area (Å²) in [5.74, 6) is 0.932. The Morgan fingerprint density at radius 2 is 1.77 bits per heavy atom. The molecule has 0 spiro atoms. The summed E-state index contributed by atoms with van der Waals surface area (Å²) < 4.78 is 5.86. The fourth-order valence-corrected chi connectivity index (χ4v) is 2.49. The number of nitro benzene ring substituents is 1. The molecule has 0 amide bonds. The SMILES string of the molecule is O=[N+]([O-])c1cccc(COc2ccccc2CNc2ccc(O)cc2)c1. The van der Waals surface area contributed by atoms with Gasteiger partial charge in [-0.05, 0) is 35.9 Å². The van der Waals surface area contributed by atoms with Gasteiger partial charge in [-0.1, -0.05) is 30.3 Å². The van der Waals surface area contributed by atoms with Gasteiger partial charge < -0.3 is 15.2 Å². The first-order valence-electron chi connectivity index (χ1n) is 8.09. The number of hydrogen-bond donors (Lipinski definition) is 2. The molecule has 0 aliphatic carbocycles. The molecule has 26 heavy (non-hydrogen) atoms. The molecule has 0 saturated heterocycles. The second kappa shape index (κ2) is 8.02. The number of ether oxygens (including phenoxy) is 1. The van der Waals surface area contributed by atoms with Gasteiger partial charge in [0.25, 0.3) is 5.69 Å². The van der Waals surface area contributed by atoms with E-state index in [1.54, 1.807) is 36.4 Å². The average molecular weight is 350 g/mol. The van der Waals surface area contributed by atoms with Gasteiger partial charge in [0.05, 0.1) is 4.92 Å². The number of rotatable bonds is 7. The van der Waals surface area contributed by atoms with Crippen LogP contribution in [0.2, 0.25) is 0 Å². The van der Waals surface area contributed by atoms with Crippen molar-refractivity contribution >= 4 is 11.4 Å². The number of nitrogens with zero attached hydrogens (tertiary/aromatic N) is 1. The molecule has 0 heterocycles. The second-order valence-electron chi connectivity index (χ2n) is 5.72. The lowest BCUT2D eigenvalue weighted by Crippen LogP contribution is -2.03. The molecule has 0 bridgehead atoms. The summed E-state index contributed by atoms with van der Waals surface area (Å²) in [5, 5.41) is 23.5. The van der Waals surface area contributed by atoms with E-state index >= 15 is 0 Å². The summed E-state index contributed by atoms with van der Waals surface area (Å²) in [6, 6.07) is 20.9. The molecule has 0 radical (unpaired) electrons. The molecule has 6 heteroatoms. The Morgan fingerprint density at radius 1 is 1.00 bits per heavy atom. The van der Waals surface area contributed by atoms with Crippen molar-refractivity contribution in [3.05, 3.63) is 94.0 Å². The van der Waals surface area contributed by atoms with Crippen LogP contribution < -0.4 is 10.1 Å². The maximum atomic E-state index is 10.9. The van der Waals surface area contributed by atoms with Gasteiger partial charge in [-0.25, -0.2) is 0 Å². The predicted octanol–water partition coefficient (Wildman–Crippen LogP) is 4.49. The number of anilines is 1. The Bertz CT molecular complexity index is 894. The zero-order valence-corrected chi connectivity index (χ0v) is 14.0. The highest BCUT2D eigenvalue weighted by molar-refractivity contribution is 5.47. The van der Waals surface area contributed by atoms with Crippen LogP contribution in [0.3, 0.4) is 0 Å². The van der Waals surface area contributed by atoms with Gasteiger partial charge in [0.15, 0.2) is 0 Å². The Morgan fingerprint density at radius 3 is 2.54 bits per heavy atom. The molecule has 2 N–H and O–H groups in total. The largest absolute Gasteiger partial charge is 0.508 e. The number of aromatic hydroxyl groups is 1. The minimum atomic E-state index is -0.418. The van der Waals surface area contributed by atoms with Crippen molar-refractivity contribution in [2.24, 2.45) is 0 Å². The van der Waals surface area contributed by atoms with Crippen LogP contribution in [0.5, 0.6) is 11.5 Å². The smallest absolute Gasteiger partial charge is 0.269 e. The number of benzene rings is 3. The molecular formula is C20H18N2O4. The highest BCUT2D eigenvalue weighted by Crippen LogP contribution is 2.22. The number of nitro groups is 1. The van der Waals surface area contributed by atoms with E-state index in [0.29, 0.717) is 12.3 Å². The molecule has 0 fully saturated rings. The van der Waals surface area contributed by atoms with Crippen molar-refractivity contribution in [2.45, 2.75) is 13.2 Å². The third-order valence-corrected chi connectivity index (χ3v) is 3.84. The summed E-state index contributed by atoms with van der Waals surface area (Å²) in [7, 11) is 0. The molecule has 0 aromatic heterocycles. The quantitative estimate of drug-likeness (QED) is 0.372. The van der Waals surface area contributed by atoms with Crippen LogP contribution in [-0.2, 0) is 13.2 Å². The molecule has 0 unspecified atom stereocenters. The molecule has 0 atom stereocenters. The first-order valence-corrected chi connectivity index (χ1v) is 8.09. The van der Waals surface area contributed by atoms with Crippen LogP contribution >= 0.6 is 0 Å². The lowest BCUT2D eigenvalue weighted by Gasteiger charge is -2.13. The van der Waals surface area contributed by atoms with E-state index in [9.17, 15) is 15.2 Å². The van der Waals surface area contributed by atoms with E-state index < -0.39 is 4.92 Å². The fourth-order valence-electron chi connectivity index (χ4n) is 2.49. The van der Waals surface area contributed by atoms with Crippen LogP contribution in [0.4, 0.5) is 11.4 Å². The molecule has 132 valence electrons. The topological polar surface area (TPSA) is 84.6 Å². The first kappa shape index (κ1) is 17.3. The van der Waals surface area contributed by atoms with Crippen molar-refractivity contribution in [3.8, 4) is 11.5 Å². The minimum Gasteiger partial charge on any atom is -0.508 e. The van der Waals surface area contributed by atoms with Gasteiger partial charge in [-0.15, -0.1) is 0 Å². The van der Waals surface area contributed by atoms with E-state index in [1.807, 2.05) is 24.3 Å². The maximum Gasteiger partial charge on any atom is 0.269 e. The standard InChI is InChI=1S/C20H18N2O4/c23-19-10-8-17(9-11-19)21-13-16-5-1-2-7-20(16)26-14-15-4-3-6-18(12-15)22(24)25/h1-12,21,23H,13-14H2. The molecule has 3 rings (SSSR count). The lowest BCUT2D eigenvalue weighted by atomic mass is 10.2. The van der Waals surface area contributed by atoms with Gasteiger partial charge in [0.1, 0.15) is 18.1 Å². The molecular weight excluding hydrogens is 332 g/mol. The zero-order chi connectivity index (χ0) is 18.4. The Hall–Kier alpha value is -3.54. The van der Waals surface area contributed by atoms with E-state index in [1.165, 1.54) is 12.1 Å². The minimum absolute atomic E-state index is 0.0494. The zero-order valence-electron chi connectivity index (χ0n) is 14.0. The third kappa shape index (κ3) is 4.51. The van der Waals surface area contributed by atoms with Crippen LogP contribution in [0.25, 0.3) is 0 Å². The molecule has 0 aliphatic heterocycles. The van der Waals surface area contributed by atoms with E-state index in [0.717, 1.165) is 16.8 Å². The summed E-state index contributed by atoms with van der Waals surface area (Å²) in [6.07, 6.45) is 0. The average Bonchev–Trinajstić information content (AvgIpc) is 2.67. The van der Waals surface area contributed by atoms with Gasteiger partial charge in [-0.2, -0.15) is 0 Å². The third-order valence-electron chi connectivity index (χ3n) is 3.84. The number of phenolic OH excluding ortho intramolecular Hbond substituents is 1. The number of non-ortho nitro benzene ring substituents is 1. The van der Waals surface area contributed by atoms with Crippen LogP contribution in [0, 0.1) is 10.1 Å². The molecule has 0 aliphatic rings. The number of nitrogens with one attached hydrogen (secondary N) is 1. The second-order valence-corrected chi connectivity index (χ2v) is 5.72. The van der Waals surface area contributed by atoms with Gasteiger partial charge in [0, 0.05) is 29.9 Å². The van der Waals surface area contributed by atoms with E-state index in [-0.39, 0.29) is 18.0 Å². The lowest BCUT2D eigenvalue weighted by molar-refractivity contribution is -0.384. The highest BCUT2D eigenvalue weighted by atomic mass is 16.6. The van der Waals surface area contributed by atoms with Gasteiger partial charge in [0.2, 0.25) is 0 Å². The summed E-state index contributed by atoms with van der Waals surface area (Å²) in [6.45, 7) is 0.799. The summed E-state index contributed by atoms with van der Waals surface area (Å²) in [4.78, 5) is 10.4. The van der Waals surface area contributed by atoms with Crippen LogP contribution in [0.1, 0.15) is 11.1 Å². The Labute approximate surface area is 150 Å². The highest BCUT2D eigenvalue weighted by Gasteiger charge is 2.08. The molecule has 3 aromatic rings. The van der Waals surface area contributed by atoms with E-state index in [2.05, 4.69) is 5.32 Å². The number of phenols is 1. The van der Waals surface area contributed by atoms with Crippen LogP contribution in [0.15, 0.2) is 72.8 Å². The fraction of sp³-hybridized carbons (Fsp3) is 0.100. The first-order chi connectivity index (χ1) is 12.6. The monoisotopic (exact) mass is 350 g/mol. The van der Waals surface area contributed by atoms with Gasteiger partial charge in [-0.3, -0.25) is 10.1 Å². The normalized spacial score (nSPS) is 10.3. The maximum absolute atomic E-state index is 10.9. The van der Waals surface area contributed by atoms with Crippen LogP contribution in [-0.4, -0.2) is 10.0 Å². The Kier molecular flexibility index (Phi) is 5.34. The molecule has 0 saturated carbocycles. The van der Waals surface area contributed by atoms with Crippen molar-refractivity contribution in [1.82, 2.24) is 0 Å². The number of para-hydroxylation sites is 1. The summed E-state index contributed by atoms with van der Waals surface area (Å²) in [5.41, 5.74) is 2.64. The van der Waals surface area contributed by atoms with Crippen molar-refractivity contribution in [2.75, 3.05) is 5.32 Å². The van der Waals surface area contributed by atoms with Crippen molar-refractivity contribution < 1.29 is 14.8 Å². The molecule has 6 nitrogen and oxygen atoms in total. The molecule has 3 aromatic carbocycles.